The maximum atomic E-state index is 13.3. The molecule has 0 spiro atoms. The van der Waals surface area contributed by atoms with Crippen LogP contribution in [0.4, 0.5) is 0 Å². The van der Waals surface area contributed by atoms with Gasteiger partial charge in [0.25, 0.3) is 15.6 Å². The Balaban J connectivity index is 2.19. The van der Waals surface area contributed by atoms with E-state index < -0.39 is 38.1 Å². The molecule has 0 fully saturated rings. The molecule has 1 aliphatic heterocycles. The Morgan fingerprint density at radius 1 is 1.15 bits per heavy atom. The normalized spacial score (nSPS) is 17.4. The van der Waals surface area contributed by atoms with Gasteiger partial charge in [-0.15, -0.1) is 0 Å². The first-order valence-corrected chi connectivity index (χ1v) is 9.69. The first-order valence-electron chi connectivity index (χ1n) is 8.25. The molecule has 1 N–H and O–H groups in total. The number of aromatic nitrogens is 2. The summed E-state index contributed by atoms with van der Waals surface area (Å²) in [5.41, 5.74) is 0.0900. The van der Waals surface area contributed by atoms with Crippen LogP contribution in [-0.2, 0) is 41.9 Å². The number of likely N-dealkylation sites (N-methyl/N-ethyl adjacent to an activating group) is 1. The van der Waals surface area contributed by atoms with Gasteiger partial charge in [-0.05, 0) is 17.5 Å². The standard InChI is InChI=1S/C17H20N4O5S/c1-18-15(22)13-8-11-6-4-5-7-12(11)9-21(13)27(25,26)14-10-19(2)17(24)20(3)16(14)23/h4-7,10,13H,8-9H2,1-3H3,(H,18,22). The number of carbonyl (C=O) groups is 1. The first-order chi connectivity index (χ1) is 12.7. The van der Waals surface area contributed by atoms with E-state index >= 15 is 0 Å². The van der Waals surface area contributed by atoms with Crippen LogP contribution in [0.3, 0.4) is 0 Å². The van der Waals surface area contributed by atoms with Crippen molar-refractivity contribution in [3.05, 3.63) is 62.4 Å². The third-order valence-corrected chi connectivity index (χ3v) is 6.59. The second-order valence-corrected chi connectivity index (χ2v) is 8.26. The van der Waals surface area contributed by atoms with E-state index in [1.54, 1.807) is 12.1 Å². The third kappa shape index (κ3) is 3.10. The smallest absolute Gasteiger partial charge is 0.330 e. The van der Waals surface area contributed by atoms with Gasteiger partial charge in [0.2, 0.25) is 5.91 Å². The van der Waals surface area contributed by atoms with Gasteiger partial charge >= 0.3 is 5.69 Å². The van der Waals surface area contributed by atoms with E-state index in [1.807, 2.05) is 12.1 Å². The summed E-state index contributed by atoms with van der Waals surface area (Å²) in [4.78, 5) is 36.2. The van der Waals surface area contributed by atoms with E-state index in [-0.39, 0.29) is 13.0 Å². The summed E-state index contributed by atoms with van der Waals surface area (Å²) in [6.45, 7) is -0.0391. The number of hydrogen-bond acceptors (Lipinski definition) is 5. The van der Waals surface area contributed by atoms with Gasteiger partial charge in [-0.2, -0.15) is 4.31 Å². The molecule has 2 aromatic rings. The number of amides is 1. The van der Waals surface area contributed by atoms with Gasteiger partial charge in [0.05, 0.1) is 0 Å². The number of aryl methyl sites for hydroxylation is 1. The van der Waals surface area contributed by atoms with E-state index in [0.29, 0.717) is 0 Å². The summed E-state index contributed by atoms with van der Waals surface area (Å²) in [5.74, 6) is -0.463. The fourth-order valence-electron chi connectivity index (χ4n) is 3.22. The SMILES string of the molecule is CNC(=O)C1Cc2ccccc2CN1S(=O)(=O)c1cn(C)c(=O)n(C)c1=O. The number of sulfonamides is 1. The van der Waals surface area contributed by atoms with Crippen molar-refractivity contribution in [2.75, 3.05) is 7.05 Å². The van der Waals surface area contributed by atoms with Gasteiger partial charge in [0, 0.05) is 33.9 Å². The van der Waals surface area contributed by atoms with E-state index in [0.717, 1.165) is 30.8 Å². The number of fused-ring (bicyclic) bond motifs is 1. The molecule has 27 heavy (non-hydrogen) atoms. The van der Waals surface area contributed by atoms with Gasteiger partial charge in [-0.25, -0.2) is 13.2 Å². The van der Waals surface area contributed by atoms with Gasteiger partial charge < -0.3 is 9.88 Å². The second-order valence-electron chi connectivity index (χ2n) is 6.40. The molecule has 0 saturated heterocycles. The van der Waals surface area contributed by atoms with Gasteiger partial charge in [0.15, 0.2) is 4.90 Å². The lowest BCUT2D eigenvalue weighted by Crippen LogP contribution is -2.53. The van der Waals surface area contributed by atoms with Gasteiger partial charge in [-0.3, -0.25) is 14.2 Å². The number of hydrogen-bond donors (Lipinski definition) is 1. The predicted octanol–water partition coefficient (Wildman–Crippen LogP) is -1.05. The summed E-state index contributed by atoms with van der Waals surface area (Å²) >= 11 is 0. The summed E-state index contributed by atoms with van der Waals surface area (Å²) in [7, 11) is -0.315. The van der Waals surface area contributed by atoms with Crippen LogP contribution in [-0.4, -0.2) is 40.9 Å². The number of carbonyl (C=O) groups excluding carboxylic acids is 1. The van der Waals surface area contributed by atoms with Crippen molar-refractivity contribution in [2.45, 2.75) is 23.9 Å². The summed E-state index contributed by atoms with van der Waals surface area (Å²) in [6.07, 6.45) is 1.20. The molecule has 1 aliphatic rings. The minimum absolute atomic E-state index is 0.0391. The molecule has 0 bridgehead atoms. The predicted molar refractivity (Wildman–Crippen MR) is 97.7 cm³/mol. The molecule has 0 radical (unpaired) electrons. The minimum atomic E-state index is -4.32. The zero-order valence-corrected chi connectivity index (χ0v) is 16.0. The topological polar surface area (TPSA) is 110 Å². The summed E-state index contributed by atoms with van der Waals surface area (Å²) < 4.78 is 29.4. The lowest BCUT2D eigenvalue weighted by atomic mass is 9.95. The molecule has 0 aliphatic carbocycles. The van der Waals surface area contributed by atoms with Crippen LogP contribution < -0.4 is 16.6 Å². The van der Waals surface area contributed by atoms with Crippen molar-refractivity contribution < 1.29 is 13.2 Å². The first kappa shape index (κ1) is 19.1. The molecule has 3 rings (SSSR count). The van der Waals surface area contributed by atoms with Crippen molar-refractivity contribution in [3.8, 4) is 0 Å². The Labute approximate surface area is 155 Å². The van der Waals surface area contributed by atoms with Crippen LogP contribution in [0.15, 0.2) is 44.9 Å². The van der Waals surface area contributed by atoms with Crippen molar-refractivity contribution in [1.82, 2.24) is 18.8 Å². The molecular weight excluding hydrogens is 372 g/mol. The minimum Gasteiger partial charge on any atom is -0.358 e. The number of rotatable bonds is 3. The molecule has 1 unspecified atom stereocenters. The highest BCUT2D eigenvalue weighted by molar-refractivity contribution is 7.89. The van der Waals surface area contributed by atoms with Gasteiger partial charge in [0.1, 0.15) is 6.04 Å². The fraction of sp³-hybridized carbons (Fsp3) is 0.353. The van der Waals surface area contributed by atoms with E-state index in [1.165, 1.54) is 21.1 Å². The average Bonchev–Trinajstić information content (AvgIpc) is 2.67. The lowest BCUT2D eigenvalue weighted by Gasteiger charge is -2.34. The Morgan fingerprint density at radius 2 is 1.78 bits per heavy atom. The average molecular weight is 392 g/mol. The van der Waals surface area contributed by atoms with Crippen LogP contribution >= 0.6 is 0 Å². The van der Waals surface area contributed by atoms with E-state index in [9.17, 15) is 22.8 Å². The zero-order valence-electron chi connectivity index (χ0n) is 15.2. The molecule has 0 saturated carbocycles. The Kier molecular flexibility index (Phi) is 4.79. The molecule has 2 heterocycles. The maximum Gasteiger partial charge on any atom is 0.330 e. The Hall–Kier alpha value is -2.72. The van der Waals surface area contributed by atoms with Crippen molar-refractivity contribution >= 4 is 15.9 Å². The largest absolute Gasteiger partial charge is 0.358 e. The highest BCUT2D eigenvalue weighted by Gasteiger charge is 2.40. The summed E-state index contributed by atoms with van der Waals surface area (Å²) in [5, 5.41) is 2.48. The molecule has 144 valence electrons. The zero-order chi connectivity index (χ0) is 19.9. The van der Waals surface area contributed by atoms with E-state index in [2.05, 4.69) is 5.32 Å². The number of nitrogens with zero attached hydrogens (tertiary/aromatic N) is 3. The Bertz CT molecular complexity index is 1130. The molecule has 1 aromatic carbocycles. The van der Waals surface area contributed by atoms with Crippen LogP contribution in [0, 0.1) is 0 Å². The summed E-state index contributed by atoms with van der Waals surface area (Å²) in [6, 6.07) is 6.26. The lowest BCUT2D eigenvalue weighted by molar-refractivity contribution is -0.124. The number of nitrogens with one attached hydrogen (secondary N) is 1. The van der Waals surface area contributed by atoms with Crippen molar-refractivity contribution in [3.63, 3.8) is 0 Å². The molecule has 1 atom stereocenters. The fourth-order valence-corrected chi connectivity index (χ4v) is 4.94. The highest BCUT2D eigenvalue weighted by Crippen LogP contribution is 2.28. The van der Waals surface area contributed by atoms with Crippen LogP contribution in [0.1, 0.15) is 11.1 Å². The molecular formula is C17H20N4O5S. The second kappa shape index (κ2) is 6.78. The number of benzene rings is 1. The monoisotopic (exact) mass is 392 g/mol. The third-order valence-electron chi connectivity index (χ3n) is 4.76. The van der Waals surface area contributed by atoms with Crippen LogP contribution in [0.25, 0.3) is 0 Å². The van der Waals surface area contributed by atoms with Gasteiger partial charge in [-0.1, -0.05) is 24.3 Å². The molecule has 9 nitrogen and oxygen atoms in total. The van der Waals surface area contributed by atoms with Crippen molar-refractivity contribution in [1.29, 1.82) is 0 Å². The molecule has 10 heteroatoms. The maximum absolute atomic E-state index is 13.3. The van der Waals surface area contributed by atoms with E-state index in [4.69, 9.17) is 0 Å². The van der Waals surface area contributed by atoms with Crippen molar-refractivity contribution in [2.24, 2.45) is 14.1 Å². The van der Waals surface area contributed by atoms with Crippen LogP contribution in [0.5, 0.6) is 0 Å². The Morgan fingerprint density at radius 3 is 2.41 bits per heavy atom. The quantitative estimate of drug-likeness (QED) is 0.716. The highest BCUT2D eigenvalue weighted by atomic mass is 32.2. The van der Waals surface area contributed by atoms with Crippen LogP contribution in [0.2, 0.25) is 0 Å². The molecule has 1 amide bonds. The molecule has 1 aromatic heterocycles.